The van der Waals surface area contributed by atoms with Crippen molar-refractivity contribution in [1.29, 1.82) is 0 Å². The number of imidazole rings is 1. The molecule has 1 N–H and O–H groups in total. The molecule has 1 aromatic heterocycles. The number of amides is 1. The summed E-state index contributed by atoms with van der Waals surface area (Å²) in [5, 5.41) is 3.19. The lowest BCUT2D eigenvalue weighted by molar-refractivity contribution is 0.0943. The monoisotopic (exact) mass is 369 g/mol. The number of carbonyl (C=O) groups is 1. The second-order valence-corrected chi connectivity index (χ2v) is 6.87. The summed E-state index contributed by atoms with van der Waals surface area (Å²) in [6.45, 7) is 2.08. The lowest BCUT2D eigenvalue weighted by atomic mass is 9.98. The Morgan fingerprint density at radius 1 is 0.964 bits per heavy atom. The first-order valence-electron chi connectivity index (χ1n) is 9.53. The average Bonchev–Trinajstić information content (AvgIpc) is 3.08. The summed E-state index contributed by atoms with van der Waals surface area (Å²) < 4.78 is 2.08. The van der Waals surface area contributed by atoms with Crippen LogP contribution in [0, 0.1) is 0 Å². The third-order valence-electron chi connectivity index (χ3n) is 5.09. The molecular formula is C24H23N3O. The number of hydrogen-bond acceptors (Lipinski definition) is 2. The van der Waals surface area contributed by atoms with Gasteiger partial charge < -0.3 is 9.88 Å². The predicted molar refractivity (Wildman–Crippen MR) is 112 cm³/mol. The fourth-order valence-electron chi connectivity index (χ4n) is 3.57. The Balaban J connectivity index is 1.67. The SMILES string of the molecule is CCc1nc2cc(C(=O)NC(c3ccccc3)c3ccccc3)ccc2n1C. The van der Waals surface area contributed by atoms with Crippen LogP contribution < -0.4 is 5.32 Å². The third-order valence-corrected chi connectivity index (χ3v) is 5.09. The van der Waals surface area contributed by atoms with Gasteiger partial charge in [-0.25, -0.2) is 4.98 Å². The molecular weight excluding hydrogens is 346 g/mol. The van der Waals surface area contributed by atoms with Gasteiger partial charge in [-0.05, 0) is 29.3 Å². The maximum Gasteiger partial charge on any atom is 0.252 e. The Bertz CT molecular complexity index is 1060. The van der Waals surface area contributed by atoms with Crippen LogP contribution >= 0.6 is 0 Å². The van der Waals surface area contributed by atoms with Crippen molar-refractivity contribution in [2.75, 3.05) is 0 Å². The van der Waals surface area contributed by atoms with Crippen molar-refractivity contribution in [3.63, 3.8) is 0 Å². The molecule has 3 aromatic carbocycles. The van der Waals surface area contributed by atoms with Crippen LogP contribution in [0.25, 0.3) is 11.0 Å². The van der Waals surface area contributed by atoms with Crippen LogP contribution in [-0.4, -0.2) is 15.5 Å². The Morgan fingerprint density at radius 2 is 1.57 bits per heavy atom. The highest BCUT2D eigenvalue weighted by molar-refractivity contribution is 5.97. The standard InChI is InChI=1S/C24H23N3O/c1-3-22-25-20-16-19(14-15-21(20)27(22)2)24(28)26-23(17-10-6-4-7-11-17)18-12-8-5-9-13-18/h4-16,23H,3H2,1-2H3,(H,26,28). The smallest absolute Gasteiger partial charge is 0.252 e. The van der Waals surface area contributed by atoms with Gasteiger partial charge in [0.05, 0.1) is 17.1 Å². The summed E-state index contributed by atoms with van der Waals surface area (Å²) in [5.74, 6) is 0.905. The summed E-state index contributed by atoms with van der Waals surface area (Å²) in [5.41, 5.74) is 4.60. The van der Waals surface area contributed by atoms with E-state index in [1.807, 2.05) is 85.9 Å². The molecule has 0 saturated carbocycles. The highest BCUT2D eigenvalue weighted by Crippen LogP contribution is 2.23. The Kier molecular flexibility index (Phi) is 4.94. The molecule has 0 aliphatic carbocycles. The van der Waals surface area contributed by atoms with Crippen LogP contribution in [0.3, 0.4) is 0 Å². The number of nitrogens with zero attached hydrogens (tertiary/aromatic N) is 2. The summed E-state index contributed by atoms with van der Waals surface area (Å²) in [7, 11) is 2.01. The molecule has 4 nitrogen and oxygen atoms in total. The predicted octanol–water partition coefficient (Wildman–Crippen LogP) is 4.66. The van der Waals surface area contributed by atoms with E-state index in [0.717, 1.165) is 34.4 Å². The average molecular weight is 369 g/mol. The summed E-state index contributed by atoms with van der Waals surface area (Å²) in [4.78, 5) is 17.7. The largest absolute Gasteiger partial charge is 0.341 e. The van der Waals surface area contributed by atoms with Crippen LogP contribution in [0.2, 0.25) is 0 Å². The number of aromatic nitrogens is 2. The molecule has 4 aromatic rings. The molecule has 28 heavy (non-hydrogen) atoms. The van der Waals surface area contributed by atoms with Gasteiger partial charge in [-0.15, -0.1) is 0 Å². The maximum absolute atomic E-state index is 13.1. The Labute approximate surface area is 164 Å². The highest BCUT2D eigenvalue weighted by Gasteiger charge is 2.18. The minimum absolute atomic E-state index is 0.108. The first-order valence-corrected chi connectivity index (χ1v) is 9.53. The Morgan fingerprint density at radius 3 is 2.14 bits per heavy atom. The van der Waals surface area contributed by atoms with Gasteiger partial charge in [-0.1, -0.05) is 67.6 Å². The number of rotatable bonds is 5. The van der Waals surface area contributed by atoms with Crippen molar-refractivity contribution >= 4 is 16.9 Å². The number of fused-ring (bicyclic) bond motifs is 1. The molecule has 0 saturated heterocycles. The fourth-order valence-corrected chi connectivity index (χ4v) is 3.57. The van der Waals surface area contributed by atoms with Gasteiger partial charge in [0.15, 0.2) is 0 Å². The fraction of sp³-hybridized carbons (Fsp3) is 0.167. The normalized spacial score (nSPS) is 11.1. The van der Waals surface area contributed by atoms with E-state index in [1.54, 1.807) is 0 Å². The maximum atomic E-state index is 13.1. The second kappa shape index (κ2) is 7.69. The van der Waals surface area contributed by atoms with Gasteiger partial charge in [-0.2, -0.15) is 0 Å². The van der Waals surface area contributed by atoms with Crippen LogP contribution in [0.1, 0.15) is 40.3 Å². The number of aryl methyl sites for hydroxylation is 2. The lowest BCUT2D eigenvalue weighted by Crippen LogP contribution is -2.29. The van der Waals surface area contributed by atoms with Crippen molar-refractivity contribution in [2.45, 2.75) is 19.4 Å². The van der Waals surface area contributed by atoms with E-state index in [-0.39, 0.29) is 11.9 Å². The van der Waals surface area contributed by atoms with Gasteiger partial charge in [0.25, 0.3) is 5.91 Å². The number of nitrogens with one attached hydrogen (secondary N) is 1. The first kappa shape index (κ1) is 18.0. The number of hydrogen-bond donors (Lipinski definition) is 1. The second-order valence-electron chi connectivity index (χ2n) is 6.87. The van der Waals surface area contributed by atoms with Crippen molar-refractivity contribution in [1.82, 2.24) is 14.9 Å². The number of benzene rings is 3. The zero-order valence-corrected chi connectivity index (χ0v) is 16.1. The van der Waals surface area contributed by atoms with E-state index >= 15 is 0 Å². The molecule has 0 bridgehead atoms. The van der Waals surface area contributed by atoms with Crippen molar-refractivity contribution in [3.05, 3.63) is 101 Å². The molecule has 0 unspecified atom stereocenters. The van der Waals surface area contributed by atoms with Gasteiger partial charge >= 0.3 is 0 Å². The van der Waals surface area contributed by atoms with Crippen LogP contribution in [0.5, 0.6) is 0 Å². The molecule has 0 spiro atoms. The highest BCUT2D eigenvalue weighted by atomic mass is 16.1. The molecule has 1 amide bonds. The molecule has 0 aliphatic rings. The Hall–Kier alpha value is -3.40. The van der Waals surface area contributed by atoms with Crippen LogP contribution in [0.15, 0.2) is 78.9 Å². The zero-order valence-electron chi connectivity index (χ0n) is 16.1. The molecule has 4 heteroatoms. The van der Waals surface area contributed by atoms with Crippen molar-refractivity contribution in [3.8, 4) is 0 Å². The van der Waals surface area contributed by atoms with E-state index in [2.05, 4.69) is 21.8 Å². The topological polar surface area (TPSA) is 46.9 Å². The molecule has 140 valence electrons. The van der Waals surface area contributed by atoms with Gasteiger partial charge in [-0.3, -0.25) is 4.79 Å². The van der Waals surface area contributed by atoms with E-state index in [9.17, 15) is 4.79 Å². The van der Waals surface area contributed by atoms with Gasteiger partial charge in [0, 0.05) is 19.0 Å². The van der Waals surface area contributed by atoms with E-state index in [4.69, 9.17) is 0 Å². The number of carbonyl (C=O) groups excluding carboxylic acids is 1. The molecule has 0 atom stereocenters. The molecule has 0 aliphatic heterocycles. The van der Waals surface area contributed by atoms with Gasteiger partial charge in [0.2, 0.25) is 0 Å². The quantitative estimate of drug-likeness (QED) is 0.556. The van der Waals surface area contributed by atoms with E-state index in [0.29, 0.717) is 5.56 Å². The summed E-state index contributed by atoms with van der Waals surface area (Å²) in [6, 6.07) is 25.6. The van der Waals surface area contributed by atoms with E-state index in [1.165, 1.54) is 0 Å². The summed E-state index contributed by atoms with van der Waals surface area (Å²) in [6.07, 6.45) is 0.858. The summed E-state index contributed by atoms with van der Waals surface area (Å²) >= 11 is 0. The molecule has 1 heterocycles. The first-order chi connectivity index (χ1) is 13.7. The van der Waals surface area contributed by atoms with Crippen molar-refractivity contribution < 1.29 is 4.79 Å². The molecule has 0 fully saturated rings. The zero-order chi connectivity index (χ0) is 19.5. The third kappa shape index (κ3) is 3.41. The molecule has 4 rings (SSSR count). The van der Waals surface area contributed by atoms with Crippen LogP contribution in [0.4, 0.5) is 0 Å². The van der Waals surface area contributed by atoms with E-state index < -0.39 is 0 Å². The van der Waals surface area contributed by atoms with Gasteiger partial charge in [0.1, 0.15) is 5.82 Å². The minimum Gasteiger partial charge on any atom is -0.341 e. The molecule has 0 radical (unpaired) electrons. The van der Waals surface area contributed by atoms with Crippen LogP contribution in [-0.2, 0) is 13.5 Å². The van der Waals surface area contributed by atoms with Crippen molar-refractivity contribution in [2.24, 2.45) is 7.05 Å². The lowest BCUT2D eigenvalue weighted by Gasteiger charge is -2.20. The minimum atomic E-state index is -0.208.